The molecule has 0 aliphatic heterocycles. The molecule has 0 aliphatic rings. The summed E-state index contributed by atoms with van der Waals surface area (Å²) < 4.78 is 2.25. The van der Waals surface area contributed by atoms with Gasteiger partial charge in [-0.25, -0.2) is 9.97 Å². The number of aromatic nitrogens is 5. The average molecular weight is 325 g/mol. The fourth-order valence-electron chi connectivity index (χ4n) is 3.14. The molecule has 1 aromatic carbocycles. The zero-order valence-corrected chi connectivity index (χ0v) is 13.4. The number of aromatic amines is 1. The van der Waals surface area contributed by atoms with E-state index in [9.17, 15) is 0 Å². The van der Waals surface area contributed by atoms with E-state index >= 15 is 0 Å². The number of hydrogen-bond acceptors (Lipinski definition) is 3. The van der Waals surface area contributed by atoms with Crippen LogP contribution in [0.5, 0.6) is 0 Å². The van der Waals surface area contributed by atoms with Crippen LogP contribution in [0.15, 0.2) is 73.4 Å². The van der Waals surface area contributed by atoms with E-state index in [1.807, 2.05) is 43.0 Å². The summed E-state index contributed by atoms with van der Waals surface area (Å²) in [4.78, 5) is 16.3. The van der Waals surface area contributed by atoms with Gasteiger partial charge in [-0.05, 0) is 41.3 Å². The van der Waals surface area contributed by atoms with E-state index in [1.165, 1.54) is 16.5 Å². The molecule has 0 aliphatic carbocycles. The fourth-order valence-corrected chi connectivity index (χ4v) is 3.14. The molecular formula is C20H15N5. The molecule has 0 unspecified atom stereocenters. The molecule has 5 heteroatoms. The Morgan fingerprint density at radius 1 is 1.00 bits per heavy atom. The van der Waals surface area contributed by atoms with Gasteiger partial charge < -0.3 is 9.55 Å². The Labute approximate surface area is 144 Å². The maximum atomic E-state index is 4.70. The lowest BCUT2D eigenvalue weighted by Gasteiger charge is -2.07. The minimum absolute atomic E-state index is 0.811. The summed E-state index contributed by atoms with van der Waals surface area (Å²) in [6, 6.07) is 14.6. The number of nitrogens with one attached hydrogen (secondary N) is 1. The van der Waals surface area contributed by atoms with Crippen molar-refractivity contribution in [3.63, 3.8) is 0 Å². The van der Waals surface area contributed by atoms with Crippen LogP contribution in [0.1, 0.15) is 5.56 Å². The molecule has 0 saturated carbocycles. The monoisotopic (exact) mass is 325 g/mol. The van der Waals surface area contributed by atoms with E-state index < -0.39 is 0 Å². The summed E-state index contributed by atoms with van der Waals surface area (Å²) in [7, 11) is 0. The van der Waals surface area contributed by atoms with Gasteiger partial charge in [-0.3, -0.25) is 4.98 Å². The van der Waals surface area contributed by atoms with E-state index in [-0.39, 0.29) is 0 Å². The Hall–Kier alpha value is -3.47. The molecule has 0 bridgehead atoms. The molecule has 0 amide bonds. The third-order valence-electron chi connectivity index (χ3n) is 4.43. The predicted octanol–water partition coefficient (Wildman–Crippen LogP) is 4.02. The third kappa shape index (κ3) is 2.46. The van der Waals surface area contributed by atoms with Gasteiger partial charge in [0, 0.05) is 42.4 Å². The van der Waals surface area contributed by atoms with Crippen LogP contribution >= 0.6 is 0 Å². The lowest BCUT2D eigenvalue weighted by molar-refractivity contribution is 0.835. The first-order valence-electron chi connectivity index (χ1n) is 8.15. The molecule has 0 fully saturated rings. The van der Waals surface area contributed by atoms with E-state index in [4.69, 9.17) is 4.98 Å². The van der Waals surface area contributed by atoms with Gasteiger partial charge in [-0.2, -0.15) is 0 Å². The van der Waals surface area contributed by atoms with Crippen LogP contribution in [0.25, 0.3) is 33.3 Å². The van der Waals surface area contributed by atoms with Crippen molar-refractivity contribution in [3.05, 3.63) is 79.0 Å². The van der Waals surface area contributed by atoms with Crippen molar-refractivity contribution >= 4 is 22.1 Å². The van der Waals surface area contributed by atoms with Crippen LogP contribution in [0.3, 0.4) is 0 Å². The third-order valence-corrected chi connectivity index (χ3v) is 4.43. The van der Waals surface area contributed by atoms with Crippen molar-refractivity contribution in [2.45, 2.75) is 6.54 Å². The predicted molar refractivity (Wildman–Crippen MR) is 98.2 cm³/mol. The summed E-state index contributed by atoms with van der Waals surface area (Å²) in [6.45, 7) is 0.817. The molecule has 25 heavy (non-hydrogen) atoms. The normalized spacial score (nSPS) is 11.4. The van der Waals surface area contributed by atoms with E-state index in [0.29, 0.717) is 0 Å². The fraction of sp³-hybridized carbons (Fsp3) is 0.0500. The minimum atomic E-state index is 0.811. The van der Waals surface area contributed by atoms with Crippen molar-refractivity contribution < 1.29 is 0 Å². The smallest absolute Gasteiger partial charge is 0.156 e. The Balaban J connectivity index is 1.59. The Morgan fingerprint density at radius 2 is 1.92 bits per heavy atom. The van der Waals surface area contributed by atoms with Crippen LogP contribution in [-0.2, 0) is 6.54 Å². The molecule has 4 aromatic heterocycles. The molecule has 0 atom stereocenters. The Kier molecular flexibility index (Phi) is 3.10. The maximum Gasteiger partial charge on any atom is 0.156 e. The molecule has 0 spiro atoms. The average Bonchev–Trinajstić information content (AvgIpc) is 3.28. The number of nitrogens with zero attached hydrogens (tertiary/aromatic N) is 4. The highest BCUT2D eigenvalue weighted by Gasteiger charge is 2.07. The van der Waals surface area contributed by atoms with Gasteiger partial charge in [-0.15, -0.1) is 0 Å². The lowest BCUT2D eigenvalue weighted by Crippen LogP contribution is -1.98. The van der Waals surface area contributed by atoms with Crippen molar-refractivity contribution in [1.29, 1.82) is 0 Å². The Bertz CT molecular complexity index is 1170. The first kappa shape index (κ1) is 13.9. The SMILES string of the molecule is c1cc(Cn2ccc3ccc(-c4cnc5[nH]ccc5n4)cc32)ccn1. The zero-order valence-electron chi connectivity index (χ0n) is 13.4. The highest BCUT2D eigenvalue weighted by atomic mass is 15.0. The Morgan fingerprint density at radius 3 is 2.84 bits per heavy atom. The van der Waals surface area contributed by atoms with Gasteiger partial charge in [-0.1, -0.05) is 12.1 Å². The molecule has 120 valence electrons. The summed E-state index contributed by atoms with van der Waals surface area (Å²) in [6.07, 6.45) is 9.45. The lowest BCUT2D eigenvalue weighted by atomic mass is 10.1. The number of H-pyrrole nitrogens is 1. The zero-order chi connectivity index (χ0) is 16.6. The van der Waals surface area contributed by atoms with Crippen LogP contribution in [0.4, 0.5) is 0 Å². The molecule has 4 heterocycles. The van der Waals surface area contributed by atoms with E-state index in [1.54, 1.807) is 0 Å². The number of benzene rings is 1. The molecule has 5 aromatic rings. The number of pyridine rings is 1. The summed E-state index contributed by atoms with van der Waals surface area (Å²) in [5, 5.41) is 1.22. The highest BCUT2D eigenvalue weighted by molar-refractivity contribution is 5.85. The van der Waals surface area contributed by atoms with E-state index in [0.717, 1.165) is 29.0 Å². The molecule has 5 nitrogen and oxygen atoms in total. The molecular weight excluding hydrogens is 310 g/mol. The van der Waals surface area contributed by atoms with Crippen molar-refractivity contribution in [2.75, 3.05) is 0 Å². The van der Waals surface area contributed by atoms with Crippen LogP contribution < -0.4 is 0 Å². The second-order valence-electron chi connectivity index (χ2n) is 6.04. The first-order valence-corrected chi connectivity index (χ1v) is 8.15. The highest BCUT2D eigenvalue weighted by Crippen LogP contribution is 2.25. The number of rotatable bonds is 3. The molecule has 0 radical (unpaired) electrons. The number of hydrogen-bond donors (Lipinski definition) is 1. The maximum absolute atomic E-state index is 4.70. The van der Waals surface area contributed by atoms with Crippen LogP contribution in [0.2, 0.25) is 0 Å². The van der Waals surface area contributed by atoms with Crippen LogP contribution in [-0.4, -0.2) is 24.5 Å². The van der Waals surface area contributed by atoms with Gasteiger partial charge in [0.05, 0.1) is 11.9 Å². The van der Waals surface area contributed by atoms with Gasteiger partial charge in [0.2, 0.25) is 0 Å². The van der Waals surface area contributed by atoms with Crippen molar-refractivity contribution in [3.8, 4) is 11.3 Å². The number of fused-ring (bicyclic) bond motifs is 2. The molecule has 1 N–H and O–H groups in total. The summed E-state index contributed by atoms with van der Waals surface area (Å²) in [5.74, 6) is 0. The summed E-state index contributed by atoms with van der Waals surface area (Å²) in [5.41, 5.74) is 6.05. The molecule has 0 saturated heterocycles. The second kappa shape index (κ2) is 5.56. The first-order chi connectivity index (χ1) is 12.4. The van der Waals surface area contributed by atoms with Crippen molar-refractivity contribution in [2.24, 2.45) is 0 Å². The topological polar surface area (TPSA) is 59.4 Å². The van der Waals surface area contributed by atoms with Crippen LogP contribution in [0, 0.1) is 0 Å². The second-order valence-corrected chi connectivity index (χ2v) is 6.04. The largest absolute Gasteiger partial charge is 0.345 e. The quantitative estimate of drug-likeness (QED) is 0.545. The van der Waals surface area contributed by atoms with Gasteiger partial charge in [0.25, 0.3) is 0 Å². The van der Waals surface area contributed by atoms with E-state index in [2.05, 4.69) is 50.0 Å². The molecule has 5 rings (SSSR count). The van der Waals surface area contributed by atoms with Gasteiger partial charge in [0.1, 0.15) is 5.52 Å². The van der Waals surface area contributed by atoms with Gasteiger partial charge in [0.15, 0.2) is 5.65 Å². The summed E-state index contributed by atoms with van der Waals surface area (Å²) >= 11 is 0. The minimum Gasteiger partial charge on any atom is -0.345 e. The standard InChI is InChI=1S/C20H15N5/c1-2-16(18-12-23-20-17(24-18)5-9-22-20)11-19-15(1)6-10-25(19)13-14-3-7-21-8-4-14/h1-12H,13H2,(H,22,23). The van der Waals surface area contributed by atoms with Gasteiger partial charge >= 0.3 is 0 Å². The van der Waals surface area contributed by atoms with Crippen molar-refractivity contribution in [1.82, 2.24) is 24.5 Å².